The number of nitrogens with zero attached hydrogens (tertiary/aromatic N) is 3. The van der Waals surface area contributed by atoms with Crippen molar-refractivity contribution in [2.24, 2.45) is 5.92 Å². The first kappa shape index (κ1) is 17.6. The number of amides is 1. The van der Waals surface area contributed by atoms with Gasteiger partial charge in [0.15, 0.2) is 0 Å². The summed E-state index contributed by atoms with van der Waals surface area (Å²) in [6.45, 7) is 8.41. The van der Waals surface area contributed by atoms with Crippen molar-refractivity contribution in [1.29, 1.82) is 0 Å². The number of aryl methyl sites for hydroxylation is 2. The van der Waals surface area contributed by atoms with Gasteiger partial charge in [-0.3, -0.25) is 9.20 Å². The number of benzene rings is 1. The van der Waals surface area contributed by atoms with Gasteiger partial charge in [0.2, 0.25) is 0 Å². The van der Waals surface area contributed by atoms with E-state index >= 15 is 0 Å². The highest BCUT2D eigenvalue weighted by atomic mass is 16.2. The molecule has 27 heavy (non-hydrogen) atoms. The fraction of sp³-hybridized carbons (Fsp3) is 0.364. The van der Waals surface area contributed by atoms with E-state index in [0.29, 0.717) is 5.69 Å². The highest BCUT2D eigenvalue weighted by molar-refractivity contribution is 6.04. The predicted molar refractivity (Wildman–Crippen MR) is 110 cm³/mol. The van der Waals surface area contributed by atoms with Crippen molar-refractivity contribution in [2.45, 2.75) is 33.6 Å². The molecule has 3 heterocycles. The Morgan fingerprint density at radius 1 is 1.07 bits per heavy atom. The number of fused-ring (bicyclic) bond motifs is 1. The molecule has 1 saturated heterocycles. The van der Waals surface area contributed by atoms with Gasteiger partial charge in [-0.15, -0.1) is 0 Å². The van der Waals surface area contributed by atoms with E-state index in [1.807, 2.05) is 48.7 Å². The third-order valence-corrected chi connectivity index (χ3v) is 5.43. The number of hydrogen-bond acceptors (Lipinski definition) is 3. The molecule has 1 fully saturated rings. The minimum Gasteiger partial charge on any atom is -0.372 e. The third-order valence-electron chi connectivity index (χ3n) is 5.43. The molecule has 1 N–H and O–H groups in total. The number of anilines is 2. The second kappa shape index (κ2) is 7.06. The topological polar surface area (TPSA) is 49.6 Å². The number of carbonyl (C=O) groups excluding carboxylic acids is 1. The van der Waals surface area contributed by atoms with Gasteiger partial charge in [0.25, 0.3) is 5.91 Å². The molecule has 0 saturated carbocycles. The van der Waals surface area contributed by atoms with E-state index in [1.54, 1.807) is 0 Å². The standard InChI is InChI=1S/C22H26N4O/c1-15-10-12-25(13-11-15)19-7-5-18(6-8-19)24-22(27)21-17(3)23-20-9-4-16(2)14-26(20)21/h4-9,14-15H,10-13H2,1-3H3,(H,24,27). The van der Waals surface area contributed by atoms with E-state index < -0.39 is 0 Å². The number of piperidine rings is 1. The van der Waals surface area contributed by atoms with Crippen LogP contribution in [0, 0.1) is 19.8 Å². The van der Waals surface area contributed by atoms with Crippen LogP contribution in [-0.4, -0.2) is 28.4 Å². The highest BCUT2D eigenvalue weighted by Gasteiger charge is 2.18. The van der Waals surface area contributed by atoms with Crippen LogP contribution in [0.4, 0.5) is 11.4 Å². The largest absolute Gasteiger partial charge is 0.372 e. The molecule has 3 aromatic rings. The second-order valence-electron chi connectivity index (χ2n) is 7.65. The molecule has 0 bridgehead atoms. The van der Waals surface area contributed by atoms with Gasteiger partial charge in [0, 0.05) is 30.7 Å². The van der Waals surface area contributed by atoms with E-state index in [4.69, 9.17) is 0 Å². The maximum Gasteiger partial charge on any atom is 0.274 e. The van der Waals surface area contributed by atoms with Crippen LogP contribution in [0.5, 0.6) is 0 Å². The summed E-state index contributed by atoms with van der Waals surface area (Å²) < 4.78 is 1.86. The van der Waals surface area contributed by atoms with Crippen molar-refractivity contribution in [1.82, 2.24) is 9.38 Å². The molecule has 1 aliphatic heterocycles. The van der Waals surface area contributed by atoms with Gasteiger partial charge < -0.3 is 10.2 Å². The fourth-order valence-corrected chi connectivity index (χ4v) is 3.75. The van der Waals surface area contributed by atoms with Gasteiger partial charge in [-0.2, -0.15) is 0 Å². The van der Waals surface area contributed by atoms with Gasteiger partial charge >= 0.3 is 0 Å². The third kappa shape index (κ3) is 3.54. The molecular weight excluding hydrogens is 336 g/mol. The summed E-state index contributed by atoms with van der Waals surface area (Å²) in [5, 5.41) is 3.02. The Hall–Kier alpha value is -2.82. The number of pyridine rings is 1. The Labute approximate surface area is 160 Å². The van der Waals surface area contributed by atoms with E-state index in [-0.39, 0.29) is 5.91 Å². The van der Waals surface area contributed by atoms with Crippen LogP contribution in [0.3, 0.4) is 0 Å². The monoisotopic (exact) mass is 362 g/mol. The lowest BCUT2D eigenvalue weighted by Gasteiger charge is -2.32. The molecular formula is C22H26N4O. The van der Waals surface area contributed by atoms with Gasteiger partial charge in [-0.1, -0.05) is 13.0 Å². The highest BCUT2D eigenvalue weighted by Crippen LogP contribution is 2.24. The maximum absolute atomic E-state index is 12.9. The summed E-state index contributed by atoms with van der Waals surface area (Å²) >= 11 is 0. The number of carbonyl (C=O) groups is 1. The normalized spacial score (nSPS) is 15.3. The van der Waals surface area contributed by atoms with Crippen molar-refractivity contribution in [3.8, 4) is 0 Å². The summed E-state index contributed by atoms with van der Waals surface area (Å²) in [5.41, 5.74) is 5.23. The van der Waals surface area contributed by atoms with E-state index in [0.717, 1.165) is 41.6 Å². The average Bonchev–Trinajstić information content (AvgIpc) is 2.98. The minimum absolute atomic E-state index is 0.134. The van der Waals surface area contributed by atoms with Crippen molar-refractivity contribution in [2.75, 3.05) is 23.3 Å². The first-order chi connectivity index (χ1) is 13.0. The number of nitrogens with one attached hydrogen (secondary N) is 1. The number of rotatable bonds is 3. The second-order valence-corrected chi connectivity index (χ2v) is 7.65. The molecule has 2 aromatic heterocycles. The van der Waals surface area contributed by atoms with Gasteiger partial charge in [0.1, 0.15) is 11.3 Å². The Morgan fingerprint density at radius 3 is 2.48 bits per heavy atom. The van der Waals surface area contributed by atoms with Crippen LogP contribution < -0.4 is 10.2 Å². The van der Waals surface area contributed by atoms with Crippen molar-refractivity contribution >= 4 is 22.9 Å². The quantitative estimate of drug-likeness (QED) is 0.749. The first-order valence-electron chi connectivity index (χ1n) is 9.63. The van der Waals surface area contributed by atoms with Crippen LogP contribution in [-0.2, 0) is 0 Å². The average molecular weight is 362 g/mol. The minimum atomic E-state index is -0.134. The van der Waals surface area contributed by atoms with Crippen LogP contribution >= 0.6 is 0 Å². The number of hydrogen-bond donors (Lipinski definition) is 1. The fourth-order valence-electron chi connectivity index (χ4n) is 3.75. The van der Waals surface area contributed by atoms with Crippen LogP contribution in [0.1, 0.15) is 41.5 Å². The predicted octanol–water partition coefficient (Wildman–Crippen LogP) is 4.44. The summed E-state index contributed by atoms with van der Waals surface area (Å²) in [4.78, 5) is 19.8. The summed E-state index contributed by atoms with van der Waals surface area (Å²) in [7, 11) is 0. The number of aromatic nitrogens is 2. The molecule has 5 heteroatoms. The first-order valence-corrected chi connectivity index (χ1v) is 9.63. The zero-order valence-corrected chi connectivity index (χ0v) is 16.2. The van der Waals surface area contributed by atoms with E-state index in [2.05, 4.69) is 34.3 Å². The Kier molecular flexibility index (Phi) is 4.60. The molecule has 0 radical (unpaired) electrons. The van der Waals surface area contributed by atoms with Crippen molar-refractivity contribution in [3.05, 3.63) is 59.5 Å². The van der Waals surface area contributed by atoms with E-state index in [9.17, 15) is 4.79 Å². The molecule has 0 spiro atoms. The van der Waals surface area contributed by atoms with Crippen LogP contribution in [0.2, 0.25) is 0 Å². The molecule has 0 unspecified atom stereocenters. The molecule has 1 amide bonds. The molecule has 5 nitrogen and oxygen atoms in total. The lowest BCUT2D eigenvalue weighted by Crippen LogP contribution is -2.32. The van der Waals surface area contributed by atoms with E-state index in [1.165, 1.54) is 18.5 Å². The van der Waals surface area contributed by atoms with Crippen LogP contribution in [0.15, 0.2) is 42.6 Å². The molecule has 0 aliphatic carbocycles. The van der Waals surface area contributed by atoms with Crippen molar-refractivity contribution < 1.29 is 4.79 Å². The van der Waals surface area contributed by atoms with Crippen molar-refractivity contribution in [3.63, 3.8) is 0 Å². The number of imidazole rings is 1. The maximum atomic E-state index is 12.9. The lowest BCUT2D eigenvalue weighted by molar-refractivity contribution is 0.102. The van der Waals surface area contributed by atoms with Gasteiger partial charge in [-0.25, -0.2) is 4.98 Å². The Morgan fingerprint density at radius 2 is 1.78 bits per heavy atom. The zero-order chi connectivity index (χ0) is 19.0. The van der Waals surface area contributed by atoms with Gasteiger partial charge in [0.05, 0.1) is 5.69 Å². The van der Waals surface area contributed by atoms with Gasteiger partial charge in [-0.05, 0) is 68.5 Å². The molecule has 1 aliphatic rings. The summed E-state index contributed by atoms with van der Waals surface area (Å²) in [6.07, 6.45) is 4.43. The molecule has 4 rings (SSSR count). The Balaban J connectivity index is 1.52. The lowest BCUT2D eigenvalue weighted by atomic mass is 9.99. The van der Waals surface area contributed by atoms with Crippen LogP contribution in [0.25, 0.3) is 5.65 Å². The molecule has 140 valence electrons. The molecule has 1 aromatic carbocycles. The summed E-state index contributed by atoms with van der Waals surface area (Å²) in [5.74, 6) is 0.683. The Bertz CT molecular complexity index is 966. The molecule has 0 atom stereocenters. The SMILES string of the molecule is Cc1ccc2nc(C)c(C(=O)Nc3ccc(N4CCC(C)CC4)cc3)n2c1. The summed E-state index contributed by atoms with van der Waals surface area (Å²) in [6, 6.07) is 12.1. The zero-order valence-electron chi connectivity index (χ0n) is 16.2. The smallest absolute Gasteiger partial charge is 0.274 e.